The van der Waals surface area contributed by atoms with E-state index < -0.39 is 12.0 Å². The fraction of sp³-hybridized carbons (Fsp3) is 0.316. The highest BCUT2D eigenvalue weighted by Gasteiger charge is 2.40. The number of carbonyl (C=O) groups is 3. The van der Waals surface area contributed by atoms with Crippen LogP contribution in [0.3, 0.4) is 0 Å². The largest absolute Gasteiger partial charge is 0.481 e. The maximum absolute atomic E-state index is 12.9. The predicted octanol–water partition coefficient (Wildman–Crippen LogP) is 2.00. The molecular weight excluding hydrogens is 352 g/mol. The van der Waals surface area contributed by atoms with Gasteiger partial charge in [-0.05, 0) is 23.4 Å². The second-order valence-electron chi connectivity index (χ2n) is 6.21. The lowest BCUT2D eigenvalue weighted by Gasteiger charge is -2.39. The third kappa shape index (κ3) is 4.29. The van der Waals surface area contributed by atoms with Gasteiger partial charge in [0.05, 0.1) is 6.42 Å². The summed E-state index contributed by atoms with van der Waals surface area (Å²) in [4.78, 5) is 40.7. The van der Waals surface area contributed by atoms with Gasteiger partial charge in [0.1, 0.15) is 12.6 Å². The zero-order chi connectivity index (χ0) is 18.5. The van der Waals surface area contributed by atoms with Crippen molar-refractivity contribution in [2.75, 3.05) is 13.1 Å². The smallest absolute Gasteiger partial charge is 0.305 e. The summed E-state index contributed by atoms with van der Waals surface area (Å²) in [7, 11) is 0. The van der Waals surface area contributed by atoms with Crippen LogP contribution in [0.15, 0.2) is 47.8 Å². The topological polar surface area (TPSA) is 77.9 Å². The lowest BCUT2D eigenvalue weighted by Crippen LogP contribution is -2.60. The zero-order valence-electron chi connectivity index (χ0n) is 14.2. The van der Waals surface area contributed by atoms with E-state index in [-0.39, 0.29) is 24.8 Å². The summed E-state index contributed by atoms with van der Waals surface area (Å²) in [5.74, 6) is -1.59. The van der Waals surface area contributed by atoms with E-state index in [0.29, 0.717) is 19.5 Å². The number of benzene rings is 1. The van der Waals surface area contributed by atoms with E-state index in [2.05, 4.69) is 0 Å². The molecule has 0 spiro atoms. The van der Waals surface area contributed by atoms with Gasteiger partial charge in [0, 0.05) is 18.0 Å². The Labute approximate surface area is 155 Å². The molecule has 0 aliphatic carbocycles. The Morgan fingerprint density at radius 2 is 1.92 bits per heavy atom. The average molecular weight is 372 g/mol. The van der Waals surface area contributed by atoms with Crippen LogP contribution < -0.4 is 0 Å². The van der Waals surface area contributed by atoms with Gasteiger partial charge in [-0.2, -0.15) is 0 Å². The molecular formula is C19H20N2O4S. The molecule has 26 heavy (non-hydrogen) atoms. The summed E-state index contributed by atoms with van der Waals surface area (Å²) in [6.45, 7) is 0.636. The van der Waals surface area contributed by atoms with Crippen molar-refractivity contribution in [2.45, 2.75) is 25.4 Å². The summed E-state index contributed by atoms with van der Waals surface area (Å²) in [5, 5.41) is 11.2. The summed E-state index contributed by atoms with van der Waals surface area (Å²) in [6.07, 6.45) is 0.242. The fourth-order valence-electron chi connectivity index (χ4n) is 3.12. The van der Waals surface area contributed by atoms with Crippen LogP contribution in [0.4, 0.5) is 0 Å². The molecule has 1 atom stereocenters. The first-order valence-corrected chi connectivity index (χ1v) is 9.29. The van der Waals surface area contributed by atoms with E-state index in [1.54, 1.807) is 11.3 Å². The SMILES string of the molecule is O=C(O)CC1C(=O)N(Cc2ccccc2)CC(=O)N1CCc1cccs1. The number of nitrogens with zero attached hydrogens (tertiary/aromatic N) is 2. The van der Waals surface area contributed by atoms with Crippen molar-refractivity contribution in [1.29, 1.82) is 0 Å². The van der Waals surface area contributed by atoms with Gasteiger partial charge in [0.25, 0.3) is 0 Å². The fourth-order valence-corrected chi connectivity index (χ4v) is 3.81. The third-order valence-electron chi connectivity index (χ3n) is 4.38. The molecule has 2 amide bonds. The Balaban J connectivity index is 1.75. The van der Waals surface area contributed by atoms with E-state index in [4.69, 9.17) is 0 Å². The predicted molar refractivity (Wildman–Crippen MR) is 97.6 cm³/mol. The molecule has 1 unspecified atom stereocenters. The van der Waals surface area contributed by atoms with Gasteiger partial charge in [-0.25, -0.2) is 0 Å². The molecule has 2 aromatic rings. The number of carboxylic acid groups (broad SMARTS) is 1. The van der Waals surface area contributed by atoms with Crippen LogP contribution in [0, 0.1) is 0 Å². The minimum Gasteiger partial charge on any atom is -0.481 e. The van der Waals surface area contributed by atoms with E-state index in [1.165, 1.54) is 9.80 Å². The van der Waals surface area contributed by atoms with Crippen molar-refractivity contribution in [3.8, 4) is 0 Å². The molecule has 1 saturated heterocycles. The molecule has 1 aliphatic rings. The average Bonchev–Trinajstić information content (AvgIpc) is 3.13. The first kappa shape index (κ1) is 18.1. The molecule has 1 fully saturated rings. The van der Waals surface area contributed by atoms with Crippen molar-refractivity contribution in [2.24, 2.45) is 0 Å². The van der Waals surface area contributed by atoms with Crippen LogP contribution in [0.2, 0.25) is 0 Å². The van der Waals surface area contributed by atoms with E-state index in [9.17, 15) is 19.5 Å². The highest BCUT2D eigenvalue weighted by molar-refractivity contribution is 7.09. The molecule has 3 rings (SSSR count). The molecule has 0 bridgehead atoms. The number of aliphatic carboxylic acids is 1. The first-order chi connectivity index (χ1) is 12.5. The van der Waals surface area contributed by atoms with Gasteiger partial charge in [0.15, 0.2) is 0 Å². The first-order valence-electron chi connectivity index (χ1n) is 8.41. The van der Waals surface area contributed by atoms with Crippen LogP contribution in [-0.4, -0.2) is 51.8 Å². The molecule has 0 saturated carbocycles. The van der Waals surface area contributed by atoms with Crippen molar-refractivity contribution in [1.82, 2.24) is 9.80 Å². The van der Waals surface area contributed by atoms with Crippen molar-refractivity contribution >= 4 is 29.1 Å². The number of rotatable bonds is 7. The third-order valence-corrected chi connectivity index (χ3v) is 5.32. The summed E-state index contributed by atoms with van der Waals surface area (Å²) < 4.78 is 0. The number of hydrogen-bond donors (Lipinski definition) is 1. The van der Waals surface area contributed by atoms with Crippen molar-refractivity contribution in [3.05, 3.63) is 58.3 Å². The van der Waals surface area contributed by atoms with E-state index >= 15 is 0 Å². The number of amides is 2. The quantitative estimate of drug-likeness (QED) is 0.806. The summed E-state index contributed by atoms with van der Waals surface area (Å²) in [5.41, 5.74) is 0.912. The van der Waals surface area contributed by atoms with Crippen LogP contribution in [0.5, 0.6) is 0 Å². The summed E-state index contributed by atoms with van der Waals surface area (Å²) in [6, 6.07) is 12.3. The summed E-state index contributed by atoms with van der Waals surface area (Å²) >= 11 is 1.58. The van der Waals surface area contributed by atoms with Crippen LogP contribution in [-0.2, 0) is 27.3 Å². The Hall–Kier alpha value is -2.67. The molecule has 7 heteroatoms. The number of piperazine rings is 1. The van der Waals surface area contributed by atoms with Crippen molar-refractivity contribution < 1.29 is 19.5 Å². The van der Waals surface area contributed by atoms with Gasteiger partial charge in [-0.1, -0.05) is 36.4 Å². The normalized spacial score (nSPS) is 17.6. The lowest BCUT2D eigenvalue weighted by molar-refractivity contribution is -0.159. The lowest BCUT2D eigenvalue weighted by atomic mass is 10.1. The maximum atomic E-state index is 12.9. The minimum atomic E-state index is -1.08. The molecule has 136 valence electrons. The molecule has 6 nitrogen and oxygen atoms in total. The Bertz CT molecular complexity index is 776. The number of thiophene rings is 1. The van der Waals surface area contributed by atoms with Crippen LogP contribution >= 0.6 is 11.3 Å². The van der Waals surface area contributed by atoms with Crippen LogP contribution in [0.1, 0.15) is 16.9 Å². The molecule has 2 heterocycles. The van der Waals surface area contributed by atoms with Gasteiger partial charge in [-0.3, -0.25) is 14.4 Å². The number of carboxylic acids is 1. The highest BCUT2D eigenvalue weighted by atomic mass is 32.1. The number of hydrogen-bond acceptors (Lipinski definition) is 4. The van der Waals surface area contributed by atoms with Gasteiger partial charge < -0.3 is 14.9 Å². The molecule has 1 aromatic carbocycles. The molecule has 0 radical (unpaired) electrons. The monoisotopic (exact) mass is 372 g/mol. The standard InChI is InChI=1S/C19H20N2O4S/c22-17-13-20(12-14-5-2-1-3-6-14)19(25)16(11-18(23)24)21(17)9-8-15-7-4-10-26-15/h1-7,10,16H,8-9,11-13H2,(H,23,24). The highest BCUT2D eigenvalue weighted by Crippen LogP contribution is 2.20. The second kappa shape index (κ2) is 8.14. The maximum Gasteiger partial charge on any atom is 0.305 e. The van der Waals surface area contributed by atoms with E-state index in [0.717, 1.165) is 10.4 Å². The Kier molecular flexibility index (Phi) is 5.68. The Morgan fingerprint density at radius 3 is 2.58 bits per heavy atom. The second-order valence-corrected chi connectivity index (χ2v) is 7.24. The molecule has 1 aliphatic heterocycles. The molecule has 1 N–H and O–H groups in total. The minimum absolute atomic E-state index is 0.0196. The van der Waals surface area contributed by atoms with Crippen LogP contribution in [0.25, 0.3) is 0 Å². The number of carbonyl (C=O) groups excluding carboxylic acids is 2. The Morgan fingerprint density at radius 1 is 1.15 bits per heavy atom. The van der Waals surface area contributed by atoms with Crippen molar-refractivity contribution in [3.63, 3.8) is 0 Å². The van der Waals surface area contributed by atoms with Gasteiger partial charge in [-0.15, -0.1) is 11.3 Å². The van der Waals surface area contributed by atoms with Gasteiger partial charge >= 0.3 is 5.97 Å². The van der Waals surface area contributed by atoms with Gasteiger partial charge in [0.2, 0.25) is 11.8 Å². The van der Waals surface area contributed by atoms with E-state index in [1.807, 2.05) is 47.8 Å². The zero-order valence-corrected chi connectivity index (χ0v) is 15.0. The molecule has 1 aromatic heterocycles.